The molecule has 0 fully saturated rings. The second-order valence-corrected chi connectivity index (χ2v) is 9.20. The molecule has 6 nitrogen and oxygen atoms in total. The van der Waals surface area contributed by atoms with Crippen molar-refractivity contribution in [1.29, 1.82) is 0 Å². The molecule has 3 rings (SSSR count). The largest absolute Gasteiger partial charge is 0.437 e. The number of rotatable bonds is 7. The fourth-order valence-corrected chi connectivity index (χ4v) is 4.05. The molecule has 7 heteroatoms. The van der Waals surface area contributed by atoms with Gasteiger partial charge in [-0.1, -0.05) is 29.8 Å². The molecule has 1 N–H and O–H groups in total. The number of hydrogen-bond acceptors (Lipinski definition) is 5. The van der Waals surface area contributed by atoms with Gasteiger partial charge in [0.2, 0.25) is 11.8 Å². The van der Waals surface area contributed by atoms with E-state index < -0.39 is 15.7 Å². The Bertz CT molecular complexity index is 1160. The van der Waals surface area contributed by atoms with E-state index in [1.807, 2.05) is 39.0 Å². The highest BCUT2D eigenvalue weighted by atomic mass is 32.2. The molecule has 0 saturated heterocycles. The van der Waals surface area contributed by atoms with Crippen LogP contribution in [0.25, 0.3) is 0 Å². The predicted molar refractivity (Wildman–Crippen MR) is 117 cm³/mol. The smallest absolute Gasteiger partial charge is 0.243 e. The number of carbonyl (C=O) groups is 1. The molecular weight excluding hydrogens is 400 g/mol. The van der Waals surface area contributed by atoms with Crippen molar-refractivity contribution < 1.29 is 17.9 Å². The highest BCUT2D eigenvalue weighted by molar-refractivity contribution is 7.91. The molecule has 3 aromatic rings. The molecule has 0 radical (unpaired) electrons. The number of benzene rings is 2. The van der Waals surface area contributed by atoms with Crippen LogP contribution in [0, 0.1) is 20.8 Å². The molecule has 1 amide bonds. The minimum atomic E-state index is -3.54. The molecule has 30 heavy (non-hydrogen) atoms. The zero-order valence-electron chi connectivity index (χ0n) is 17.2. The van der Waals surface area contributed by atoms with Crippen molar-refractivity contribution in [3.8, 4) is 11.6 Å². The Morgan fingerprint density at radius 3 is 2.47 bits per heavy atom. The Morgan fingerprint density at radius 2 is 1.73 bits per heavy atom. The van der Waals surface area contributed by atoms with Crippen LogP contribution in [-0.2, 0) is 14.6 Å². The summed E-state index contributed by atoms with van der Waals surface area (Å²) in [7, 11) is -3.54. The van der Waals surface area contributed by atoms with Crippen LogP contribution in [0.2, 0.25) is 0 Å². The number of hydrogen-bond donors (Lipinski definition) is 1. The van der Waals surface area contributed by atoms with Gasteiger partial charge >= 0.3 is 0 Å². The summed E-state index contributed by atoms with van der Waals surface area (Å²) in [4.78, 5) is 16.8. The lowest BCUT2D eigenvalue weighted by atomic mass is 10.1. The van der Waals surface area contributed by atoms with Crippen molar-refractivity contribution in [2.45, 2.75) is 32.1 Å². The normalized spacial score (nSPS) is 11.2. The van der Waals surface area contributed by atoms with Crippen molar-refractivity contribution in [3.05, 3.63) is 77.5 Å². The molecule has 156 valence electrons. The number of nitrogens with zero attached hydrogens (tertiary/aromatic N) is 1. The average molecular weight is 425 g/mol. The lowest BCUT2D eigenvalue weighted by Gasteiger charge is -2.13. The number of aryl methyl sites for hydroxylation is 2. The number of ether oxygens (including phenoxy) is 1. The molecule has 0 aliphatic rings. The summed E-state index contributed by atoms with van der Waals surface area (Å²) in [6.45, 7) is 5.81. The molecule has 0 unspecified atom stereocenters. The van der Waals surface area contributed by atoms with Gasteiger partial charge in [-0.3, -0.25) is 4.79 Å². The fraction of sp³-hybridized carbons (Fsp3) is 0.217. The molecule has 0 spiro atoms. The molecule has 0 bridgehead atoms. The van der Waals surface area contributed by atoms with Crippen LogP contribution in [0.5, 0.6) is 11.6 Å². The maximum absolute atomic E-state index is 12.5. The molecule has 0 aliphatic heterocycles. The predicted octanol–water partition coefficient (Wildman–Crippen LogP) is 4.60. The van der Waals surface area contributed by atoms with Gasteiger partial charge in [0, 0.05) is 12.6 Å². The van der Waals surface area contributed by atoms with Crippen LogP contribution in [0.1, 0.15) is 23.1 Å². The number of sulfone groups is 1. The minimum Gasteiger partial charge on any atom is -0.437 e. The van der Waals surface area contributed by atoms with E-state index in [2.05, 4.69) is 10.3 Å². The number of pyridine rings is 1. The fourth-order valence-electron chi connectivity index (χ4n) is 2.81. The lowest BCUT2D eigenvalue weighted by molar-refractivity contribution is -0.115. The SMILES string of the molecule is Cc1ccc(S(=O)(=O)CCC(=O)Nc2cccnc2Oc2cccc(C)c2C)cc1. The monoisotopic (exact) mass is 424 g/mol. The Kier molecular flexibility index (Phi) is 6.52. The van der Waals surface area contributed by atoms with Crippen molar-refractivity contribution >= 4 is 21.4 Å². The van der Waals surface area contributed by atoms with Crippen molar-refractivity contribution in [3.63, 3.8) is 0 Å². The van der Waals surface area contributed by atoms with Crippen LogP contribution in [-0.4, -0.2) is 25.1 Å². The van der Waals surface area contributed by atoms with Gasteiger partial charge in [0.25, 0.3) is 0 Å². The number of carbonyl (C=O) groups excluding carboxylic acids is 1. The molecule has 0 saturated carbocycles. The van der Waals surface area contributed by atoms with Gasteiger partial charge in [-0.25, -0.2) is 13.4 Å². The Balaban J connectivity index is 1.68. The highest BCUT2D eigenvalue weighted by Gasteiger charge is 2.18. The standard InChI is InChI=1S/C23H24N2O4S/c1-16-9-11-19(12-10-16)30(27,28)15-13-22(26)25-20-7-5-14-24-23(20)29-21-8-4-6-17(2)18(21)3/h4-12,14H,13,15H2,1-3H3,(H,25,26). The van der Waals surface area contributed by atoms with Crippen LogP contribution in [0.4, 0.5) is 5.69 Å². The second-order valence-electron chi connectivity index (χ2n) is 7.09. The molecule has 0 atom stereocenters. The van der Waals surface area contributed by atoms with E-state index >= 15 is 0 Å². The van der Waals surface area contributed by atoms with Crippen LogP contribution in [0.3, 0.4) is 0 Å². The third-order valence-corrected chi connectivity index (χ3v) is 6.52. The van der Waals surface area contributed by atoms with E-state index in [1.165, 1.54) is 0 Å². The van der Waals surface area contributed by atoms with E-state index in [0.717, 1.165) is 16.7 Å². The second kappa shape index (κ2) is 9.09. The van der Waals surface area contributed by atoms with E-state index in [9.17, 15) is 13.2 Å². The van der Waals surface area contributed by atoms with Gasteiger partial charge in [0.05, 0.1) is 10.6 Å². The van der Waals surface area contributed by atoms with E-state index in [1.54, 1.807) is 42.6 Å². The molecule has 1 aromatic heterocycles. The zero-order valence-corrected chi connectivity index (χ0v) is 18.0. The van der Waals surface area contributed by atoms with Gasteiger partial charge in [0.1, 0.15) is 11.4 Å². The van der Waals surface area contributed by atoms with E-state index in [0.29, 0.717) is 11.4 Å². The topological polar surface area (TPSA) is 85.4 Å². The summed E-state index contributed by atoms with van der Waals surface area (Å²) >= 11 is 0. The van der Waals surface area contributed by atoms with Gasteiger partial charge in [-0.15, -0.1) is 0 Å². The highest BCUT2D eigenvalue weighted by Crippen LogP contribution is 2.30. The summed E-state index contributed by atoms with van der Waals surface area (Å²) in [6, 6.07) is 15.6. The van der Waals surface area contributed by atoms with Gasteiger partial charge < -0.3 is 10.1 Å². The molecule has 0 aliphatic carbocycles. The molecular formula is C23H24N2O4S. The minimum absolute atomic E-state index is 0.173. The van der Waals surface area contributed by atoms with Gasteiger partial charge in [0.15, 0.2) is 9.84 Å². The summed E-state index contributed by atoms with van der Waals surface area (Å²) in [5.41, 5.74) is 3.41. The lowest BCUT2D eigenvalue weighted by Crippen LogP contribution is -2.18. The summed E-state index contributed by atoms with van der Waals surface area (Å²) in [5.74, 6) is 0.187. The first-order valence-electron chi connectivity index (χ1n) is 9.54. The molecule has 2 aromatic carbocycles. The first-order valence-corrected chi connectivity index (χ1v) is 11.2. The number of nitrogens with one attached hydrogen (secondary N) is 1. The number of aromatic nitrogens is 1. The third-order valence-electron chi connectivity index (χ3n) is 4.78. The quantitative estimate of drug-likeness (QED) is 0.599. The van der Waals surface area contributed by atoms with Crippen LogP contribution in [0.15, 0.2) is 65.7 Å². The summed E-state index contributed by atoms with van der Waals surface area (Å²) in [5, 5.41) is 2.71. The Morgan fingerprint density at radius 1 is 1.00 bits per heavy atom. The van der Waals surface area contributed by atoms with E-state index in [-0.39, 0.29) is 22.9 Å². The summed E-state index contributed by atoms with van der Waals surface area (Å²) in [6.07, 6.45) is 1.39. The first-order chi connectivity index (χ1) is 14.3. The maximum Gasteiger partial charge on any atom is 0.243 e. The van der Waals surface area contributed by atoms with Crippen molar-refractivity contribution in [1.82, 2.24) is 4.98 Å². The van der Waals surface area contributed by atoms with Crippen molar-refractivity contribution in [2.75, 3.05) is 11.1 Å². The average Bonchev–Trinajstić information content (AvgIpc) is 2.72. The third kappa shape index (κ3) is 5.24. The van der Waals surface area contributed by atoms with E-state index in [4.69, 9.17) is 4.74 Å². The summed E-state index contributed by atoms with van der Waals surface area (Å²) < 4.78 is 30.8. The van der Waals surface area contributed by atoms with Crippen LogP contribution < -0.4 is 10.1 Å². The first kappa shape index (κ1) is 21.5. The maximum atomic E-state index is 12.5. The number of anilines is 1. The molecule has 1 heterocycles. The van der Waals surface area contributed by atoms with Gasteiger partial charge in [-0.05, 0) is 62.2 Å². The van der Waals surface area contributed by atoms with Crippen LogP contribution >= 0.6 is 0 Å². The Labute approximate surface area is 176 Å². The Hall–Kier alpha value is -3.19. The zero-order chi connectivity index (χ0) is 21.7. The number of amides is 1. The van der Waals surface area contributed by atoms with Crippen molar-refractivity contribution in [2.24, 2.45) is 0 Å². The van der Waals surface area contributed by atoms with Gasteiger partial charge in [-0.2, -0.15) is 0 Å².